The van der Waals surface area contributed by atoms with Crippen molar-refractivity contribution in [1.29, 1.82) is 0 Å². The number of benzene rings is 11. The standard InChI is InChI=1S/C66H41B3N4/c1-5-19-42(20-6-1)44-35-37-50-60(39-44)72-58-33-17-31-56-62(58)68(48-27-13-15-29-54(48)70(56)46-23-9-3-10-24-46)52-41-53-66-64(65(52)72)67(50)51-38-36-45(43-21-7-2-8-22-43)40-61(51)73(66)59-34-18-32-57-63(59)69(53)49-28-14-16-30-55(49)71(57)47-25-11-4-12-26-47/h1-41H. The summed E-state index contributed by atoms with van der Waals surface area (Å²) in [5, 5.41) is 0. The topological polar surface area (TPSA) is 13.0 Å². The molecule has 0 bridgehead atoms. The van der Waals surface area contributed by atoms with E-state index in [9.17, 15) is 0 Å². The van der Waals surface area contributed by atoms with Gasteiger partial charge in [0.25, 0.3) is 20.1 Å². The van der Waals surface area contributed by atoms with Crippen LogP contribution >= 0.6 is 0 Å². The highest BCUT2D eigenvalue weighted by Gasteiger charge is 2.54. The summed E-state index contributed by atoms with van der Waals surface area (Å²) < 4.78 is 0. The lowest BCUT2D eigenvalue weighted by Gasteiger charge is -2.53. The maximum absolute atomic E-state index is 2.69. The Morgan fingerprint density at radius 1 is 0.205 bits per heavy atom. The third-order valence-electron chi connectivity index (χ3n) is 16.8. The monoisotopic (exact) mass is 922 g/mol. The first-order chi connectivity index (χ1) is 36.3. The van der Waals surface area contributed by atoms with E-state index in [-0.39, 0.29) is 20.1 Å². The summed E-state index contributed by atoms with van der Waals surface area (Å²) in [6.07, 6.45) is 0. The van der Waals surface area contributed by atoms with Gasteiger partial charge in [0, 0.05) is 68.2 Å². The number of anilines is 12. The Hall–Kier alpha value is -9.19. The lowest BCUT2D eigenvalue weighted by molar-refractivity contribution is 1.24. The minimum atomic E-state index is -0.0374. The van der Waals surface area contributed by atoms with Gasteiger partial charge in [0.2, 0.25) is 0 Å². The van der Waals surface area contributed by atoms with Crippen LogP contribution in [-0.2, 0) is 0 Å². The largest absolute Gasteiger partial charge is 0.312 e. The van der Waals surface area contributed by atoms with Crippen molar-refractivity contribution >= 4 is 138 Å². The predicted molar refractivity (Wildman–Crippen MR) is 310 cm³/mol. The van der Waals surface area contributed by atoms with Crippen molar-refractivity contribution in [2.24, 2.45) is 0 Å². The number of hydrogen-bond acceptors (Lipinski definition) is 4. The smallest absolute Gasteiger partial charge is 0.252 e. The third-order valence-corrected chi connectivity index (χ3v) is 16.8. The molecule has 0 spiro atoms. The van der Waals surface area contributed by atoms with Gasteiger partial charge in [-0.3, -0.25) is 0 Å². The van der Waals surface area contributed by atoms with Gasteiger partial charge in [-0.15, -0.1) is 0 Å². The highest BCUT2D eigenvalue weighted by atomic mass is 15.2. The molecule has 11 aromatic rings. The van der Waals surface area contributed by atoms with Gasteiger partial charge in [0.15, 0.2) is 0 Å². The molecule has 0 aliphatic carbocycles. The lowest BCUT2D eigenvalue weighted by Crippen LogP contribution is -2.72. The fourth-order valence-electron chi connectivity index (χ4n) is 14.0. The van der Waals surface area contributed by atoms with E-state index in [1.165, 1.54) is 128 Å². The lowest BCUT2D eigenvalue weighted by atomic mass is 9.25. The Labute approximate surface area is 425 Å². The average Bonchev–Trinajstić information content (AvgIpc) is 3.46. The number of para-hydroxylation sites is 4. The Bertz CT molecular complexity index is 3880. The van der Waals surface area contributed by atoms with Gasteiger partial charge in [0.05, 0.1) is 0 Å². The second-order valence-electron chi connectivity index (χ2n) is 20.3. The zero-order valence-corrected chi connectivity index (χ0v) is 39.7. The Balaban J connectivity index is 1.03. The SMILES string of the molecule is c1ccc(-c2ccc3c(c2)N2c4cccc5c4B(c4ccccc4N5c4ccccc4)c4cc5c6c(c42)B3c2ccc(-c3ccccc3)cc2N6c2cccc3c2B5c2ccccc2N3c2ccccc2)cc1. The second-order valence-corrected chi connectivity index (χ2v) is 20.3. The molecule has 7 heteroatoms. The molecule has 6 heterocycles. The fourth-order valence-corrected chi connectivity index (χ4v) is 14.0. The molecule has 0 saturated carbocycles. The van der Waals surface area contributed by atoms with Crippen molar-refractivity contribution in [3.8, 4) is 22.3 Å². The molecule has 0 N–H and O–H groups in total. The molecule has 0 amide bonds. The van der Waals surface area contributed by atoms with Crippen LogP contribution in [0.5, 0.6) is 0 Å². The van der Waals surface area contributed by atoms with Crippen LogP contribution in [0.25, 0.3) is 22.3 Å². The number of rotatable bonds is 4. The predicted octanol–water partition coefficient (Wildman–Crippen LogP) is 10.3. The third kappa shape index (κ3) is 5.23. The van der Waals surface area contributed by atoms with Gasteiger partial charge in [-0.2, -0.15) is 0 Å². The molecule has 11 aromatic carbocycles. The van der Waals surface area contributed by atoms with Crippen LogP contribution in [-0.4, -0.2) is 20.1 Å². The summed E-state index contributed by atoms with van der Waals surface area (Å²) in [6, 6.07) is 93.6. The van der Waals surface area contributed by atoms with E-state index in [0.29, 0.717) is 0 Å². The van der Waals surface area contributed by atoms with Crippen molar-refractivity contribution in [1.82, 2.24) is 0 Å². The average molecular weight is 923 g/mol. The molecule has 4 nitrogen and oxygen atoms in total. The van der Waals surface area contributed by atoms with Crippen molar-refractivity contribution < 1.29 is 0 Å². The van der Waals surface area contributed by atoms with E-state index in [4.69, 9.17) is 0 Å². The summed E-state index contributed by atoms with van der Waals surface area (Å²) in [4.78, 5) is 10.4. The van der Waals surface area contributed by atoms with Gasteiger partial charge in [-0.05, 0) is 144 Å². The Morgan fingerprint density at radius 2 is 0.548 bits per heavy atom. The normalized spacial score (nSPS) is 14.1. The van der Waals surface area contributed by atoms with Crippen molar-refractivity contribution in [2.75, 3.05) is 19.6 Å². The molecule has 0 aromatic heterocycles. The summed E-state index contributed by atoms with van der Waals surface area (Å²) in [5.74, 6) is 0. The van der Waals surface area contributed by atoms with E-state index in [0.717, 1.165) is 11.4 Å². The molecule has 0 radical (unpaired) electrons. The summed E-state index contributed by atoms with van der Waals surface area (Å²) in [5.41, 5.74) is 31.8. The van der Waals surface area contributed by atoms with Crippen LogP contribution in [0.4, 0.5) is 68.2 Å². The van der Waals surface area contributed by atoms with Crippen molar-refractivity contribution in [2.45, 2.75) is 0 Å². The number of fused-ring (bicyclic) bond motifs is 14. The molecule has 73 heavy (non-hydrogen) atoms. The van der Waals surface area contributed by atoms with Gasteiger partial charge in [0.1, 0.15) is 0 Å². The molecule has 0 unspecified atom stereocenters. The van der Waals surface area contributed by atoms with E-state index < -0.39 is 0 Å². The van der Waals surface area contributed by atoms with Crippen LogP contribution in [0.2, 0.25) is 0 Å². The molecule has 0 fully saturated rings. The molecule has 0 saturated heterocycles. The second kappa shape index (κ2) is 14.7. The highest BCUT2D eigenvalue weighted by Crippen LogP contribution is 2.50. The summed E-state index contributed by atoms with van der Waals surface area (Å²) >= 11 is 0. The molecule has 0 atom stereocenters. The van der Waals surface area contributed by atoms with Gasteiger partial charge in [-0.1, -0.05) is 176 Å². The van der Waals surface area contributed by atoms with Crippen LogP contribution in [0.1, 0.15) is 0 Å². The Morgan fingerprint density at radius 3 is 0.986 bits per heavy atom. The molecular weight excluding hydrogens is 881 g/mol. The summed E-state index contributed by atoms with van der Waals surface area (Å²) in [6.45, 7) is -0.0906. The van der Waals surface area contributed by atoms with E-state index in [2.05, 4.69) is 268 Å². The molecule has 6 aliphatic heterocycles. The highest BCUT2D eigenvalue weighted by molar-refractivity contribution is 7.07. The van der Waals surface area contributed by atoms with Crippen molar-refractivity contribution in [3.63, 3.8) is 0 Å². The minimum absolute atomic E-state index is 0.0266. The first-order valence-electron chi connectivity index (χ1n) is 25.6. The fraction of sp³-hybridized carbons (Fsp3) is 0. The van der Waals surface area contributed by atoms with Crippen LogP contribution in [0, 0.1) is 0 Å². The molecular formula is C66H41B3N4. The van der Waals surface area contributed by atoms with Crippen LogP contribution in [0.15, 0.2) is 249 Å². The zero-order valence-electron chi connectivity index (χ0n) is 39.7. The van der Waals surface area contributed by atoms with Gasteiger partial charge < -0.3 is 19.6 Å². The molecule has 334 valence electrons. The zero-order chi connectivity index (χ0) is 47.5. The Kier molecular flexibility index (Phi) is 7.96. The molecule has 17 rings (SSSR count). The number of hydrogen-bond donors (Lipinski definition) is 0. The minimum Gasteiger partial charge on any atom is -0.312 e. The molecule has 6 aliphatic rings. The van der Waals surface area contributed by atoms with E-state index in [1.807, 2.05) is 0 Å². The maximum atomic E-state index is 2.69. The van der Waals surface area contributed by atoms with Crippen LogP contribution < -0.4 is 68.8 Å². The van der Waals surface area contributed by atoms with Crippen LogP contribution in [0.3, 0.4) is 0 Å². The van der Waals surface area contributed by atoms with Gasteiger partial charge in [-0.25, -0.2) is 0 Å². The number of nitrogens with zero attached hydrogens (tertiary/aromatic N) is 4. The first-order valence-corrected chi connectivity index (χ1v) is 25.6. The van der Waals surface area contributed by atoms with E-state index in [1.54, 1.807) is 0 Å². The van der Waals surface area contributed by atoms with Gasteiger partial charge >= 0.3 is 0 Å². The quantitative estimate of drug-likeness (QED) is 0.163. The van der Waals surface area contributed by atoms with E-state index >= 15 is 0 Å². The van der Waals surface area contributed by atoms with Crippen molar-refractivity contribution in [3.05, 3.63) is 249 Å². The summed E-state index contributed by atoms with van der Waals surface area (Å²) in [7, 11) is 0. The first kappa shape index (κ1) is 39.5. The maximum Gasteiger partial charge on any atom is 0.252 e.